The summed E-state index contributed by atoms with van der Waals surface area (Å²) in [5.41, 5.74) is 5.06. The van der Waals surface area contributed by atoms with Crippen molar-refractivity contribution in [3.63, 3.8) is 0 Å². The monoisotopic (exact) mass is 384 g/mol. The zero-order valence-corrected chi connectivity index (χ0v) is 16.7. The molecule has 1 aromatic heterocycles. The molecule has 0 aliphatic heterocycles. The highest BCUT2D eigenvalue weighted by molar-refractivity contribution is 5.94. The number of fused-ring (bicyclic) bond motifs is 1. The van der Waals surface area contributed by atoms with Crippen molar-refractivity contribution in [2.75, 3.05) is 11.9 Å². The first-order valence-electron chi connectivity index (χ1n) is 9.79. The number of aromatic nitrogens is 1. The van der Waals surface area contributed by atoms with Gasteiger partial charge in [-0.15, -0.1) is 0 Å². The Balaban J connectivity index is 1.52. The third kappa shape index (κ3) is 4.66. The number of benzene rings is 3. The van der Waals surface area contributed by atoms with Gasteiger partial charge in [-0.05, 0) is 67.9 Å². The van der Waals surface area contributed by atoms with Crippen LogP contribution in [0.1, 0.15) is 18.2 Å². The Kier molecular flexibility index (Phi) is 5.61. The van der Waals surface area contributed by atoms with E-state index in [1.807, 2.05) is 74.5 Å². The summed E-state index contributed by atoms with van der Waals surface area (Å²) in [7, 11) is 0. The molecule has 0 fully saturated rings. The second-order valence-corrected chi connectivity index (χ2v) is 6.85. The van der Waals surface area contributed by atoms with Crippen molar-refractivity contribution in [1.29, 1.82) is 0 Å². The molecule has 0 saturated carbocycles. The van der Waals surface area contributed by atoms with Gasteiger partial charge in [-0.25, -0.2) is 0 Å². The van der Waals surface area contributed by atoms with E-state index in [1.54, 1.807) is 0 Å². The second-order valence-electron chi connectivity index (χ2n) is 6.85. The van der Waals surface area contributed by atoms with Crippen molar-refractivity contribution in [3.05, 3.63) is 90.1 Å². The highest BCUT2D eigenvalue weighted by Crippen LogP contribution is 2.30. The number of anilines is 2. The minimum Gasteiger partial charge on any atom is -0.494 e. The number of nitrogens with zero attached hydrogens (tertiary/aromatic N) is 1. The van der Waals surface area contributed by atoms with Crippen LogP contribution in [0.4, 0.5) is 11.4 Å². The SMILES string of the molecule is CCOc1ccc2nc(C)cc(Nc3ccc(OCc4ccccc4)cc3)c2c1. The molecule has 4 heteroatoms. The summed E-state index contributed by atoms with van der Waals surface area (Å²) in [6.07, 6.45) is 0. The maximum atomic E-state index is 5.87. The summed E-state index contributed by atoms with van der Waals surface area (Å²) < 4.78 is 11.5. The van der Waals surface area contributed by atoms with E-state index < -0.39 is 0 Å². The average Bonchev–Trinajstić information content (AvgIpc) is 2.74. The van der Waals surface area contributed by atoms with E-state index in [2.05, 4.69) is 28.5 Å². The molecule has 0 amide bonds. The zero-order valence-electron chi connectivity index (χ0n) is 16.7. The van der Waals surface area contributed by atoms with Crippen LogP contribution < -0.4 is 14.8 Å². The first-order valence-corrected chi connectivity index (χ1v) is 9.79. The summed E-state index contributed by atoms with van der Waals surface area (Å²) in [6, 6.07) is 26.2. The third-order valence-electron chi connectivity index (χ3n) is 4.60. The molecule has 3 aromatic carbocycles. The van der Waals surface area contributed by atoms with Gasteiger partial charge in [-0.1, -0.05) is 30.3 Å². The molecule has 0 aliphatic carbocycles. The van der Waals surface area contributed by atoms with Crippen LogP contribution in [0.5, 0.6) is 11.5 Å². The number of rotatable bonds is 7. The number of aryl methyl sites for hydroxylation is 1. The van der Waals surface area contributed by atoms with Crippen LogP contribution >= 0.6 is 0 Å². The number of nitrogens with one attached hydrogen (secondary N) is 1. The highest BCUT2D eigenvalue weighted by Gasteiger charge is 2.07. The Morgan fingerprint density at radius 2 is 1.59 bits per heavy atom. The highest BCUT2D eigenvalue weighted by atomic mass is 16.5. The van der Waals surface area contributed by atoms with E-state index in [1.165, 1.54) is 0 Å². The molecule has 0 bridgehead atoms. The van der Waals surface area contributed by atoms with E-state index in [-0.39, 0.29) is 0 Å². The molecule has 0 spiro atoms. The van der Waals surface area contributed by atoms with Gasteiger partial charge in [0.15, 0.2) is 0 Å². The number of hydrogen-bond donors (Lipinski definition) is 1. The molecular formula is C25H24N2O2. The second kappa shape index (κ2) is 8.65. The third-order valence-corrected chi connectivity index (χ3v) is 4.60. The number of pyridine rings is 1. The molecular weight excluding hydrogens is 360 g/mol. The van der Waals surface area contributed by atoms with Crippen LogP contribution in [0.3, 0.4) is 0 Å². The van der Waals surface area contributed by atoms with Crippen LogP contribution in [-0.2, 0) is 6.61 Å². The number of hydrogen-bond acceptors (Lipinski definition) is 4. The van der Waals surface area contributed by atoms with Crippen LogP contribution in [-0.4, -0.2) is 11.6 Å². The Hall–Kier alpha value is -3.53. The zero-order chi connectivity index (χ0) is 20.1. The van der Waals surface area contributed by atoms with E-state index >= 15 is 0 Å². The average molecular weight is 384 g/mol. The normalized spacial score (nSPS) is 10.7. The molecule has 29 heavy (non-hydrogen) atoms. The lowest BCUT2D eigenvalue weighted by Gasteiger charge is -2.13. The lowest BCUT2D eigenvalue weighted by Crippen LogP contribution is -1.97. The van der Waals surface area contributed by atoms with Crippen molar-refractivity contribution in [2.24, 2.45) is 0 Å². The van der Waals surface area contributed by atoms with Crippen molar-refractivity contribution in [3.8, 4) is 11.5 Å². The Morgan fingerprint density at radius 3 is 2.34 bits per heavy atom. The molecule has 146 valence electrons. The van der Waals surface area contributed by atoms with Crippen molar-refractivity contribution < 1.29 is 9.47 Å². The molecule has 1 heterocycles. The minimum absolute atomic E-state index is 0.558. The standard InChI is InChI=1S/C25H24N2O2/c1-3-28-22-13-14-24-23(16-22)25(15-18(2)26-24)27-20-9-11-21(12-10-20)29-17-19-7-5-4-6-8-19/h4-16H,3,17H2,1-2H3,(H,26,27). The van der Waals surface area contributed by atoms with Crippen LogP contribution in [0.2, 0.25) is 0 Å². The topological polar surface area (TPSA) is 43.4 Å². The van der Waals surface area contributed by atoms with Crippen molar-refractivity contribution in [2.45, 2.75) is 20.5 Å². The van der Waals surface area contributed by atoms with Gasteiger partial charge >= 0.3 is 0 Å². The summed E-state index contributed by atoms with van der Waals surface area (Å²) in [5, 5.41) is 4.54. The maximum absolute atomic E-state index is 5.87. The molecule has 0 aliphatic rings. The molecule has 4 rings (SSSR count). The Bertz CT molecular complexity index is 1090. The summed E-state index contributed by atoms with van der Waals surface area (Å²) >= 11 is 0. The van der Waals surface area contributed by atoms with E-state index in [0.29, 0.717) is 13.2 Å². The first kappa shape index (κ1) is 18.8. The predicted molar refractivity (Wildman–Crippen MR) is 118 cm³/mol. The summed E-state index contributed by atoms with van der Waals surface area (Å²) in [6.45, 7) is 5.18. The minimum atomic E-state index is 0.558. The molecule has 0 saturated heterocycles. The van der Waals surface area contributed by atoms with Crippen LogP contribution in [0.25, 0.3) is 10.9 Å². The summed E-state index contributed by atoms with van der Waals surface area (Å²) in [4.78, 5) is 4.63. The Morgan fingerprint density at radius 1 is 0.828 bits per heavy atom. The fourth-order valence-corrected chi connectivity index (χ4v) is 3.23. The lowest BCUT2D eigenvalue weighted by atomic mass is 10.1. The van der Waals surface area contributed by atoms with Gasteiger partial charge in [0.25, 0.3) is 0 Å². The van der Waals surface area contributed by atoms with E-state index in [9.17, 15) is 0 Å². The molecule has 4 nitrogen and oxygen atoms in total. The molecule has 0 radical (unpaired) electrons. The largest absolute Gasteiger partial charge is 0.494 e. The fraction of sp³-hybridized carbons (Fsp3) is 0.160. The van der Waals surface area contributed by atoms with Crippen LogP contribution in [0.15, 0.2) is 78.9 Å². The maximum Gasteiger partial charge on any atom is 0.120 e. The van der Waals surface area contributed by atoms with Gasteiger partial charge in [-0.3, -0.25) is 4.98 Å². The lowest BCUT2D eigenvalue weighted by molar-refractivity contribution is 0.306. The fourth-order valence-electron chi connectivity index (χ4n) is 3.23. The van der Waals surface area contributed by atoms with Gasteiger partial charge < -0.3 is 14.8 Å². The molecule has 4 aromatic rings. The smallest absolute Gasteiger partial charge is 0.120 e. The molecule has 0 unspecified atom stereocenters. The molecule has 0 atom stereocenters. The van der Waals surface area contributed by atoms with Gasteiger partial charge in [0.1, 0.15) is 18.1 Å². The van der Waals surface area contributed by atoms with Crippen molar-refractivity contribution in [1.82, 2.24) is 4.98 Å². The first-order chi connectivity index (χ1) is 14.2. The van der Waals surface area contributed by atoms with Gasteiger partial charge in [0.2, 0.25) is 0 Å². The van der Waals surface area contributed by atoms with Crippen LogP contribution in [0, 0.1) is 6.92 Å². The number of ether oxygens (including phenoxy) is 2. The van der Waals surface area contributed by atoms with Gasteiger partial charge in [0.05, 0.1) is 12.1 Å². The van der Waals surface area contributed by atoms with Crippen molar-refractivity contribution >= 4 is 22.3 Å². The quantitative estimate of drug-likeness (QED) is 0.408. The molecule has 1 N–H and O–H groups in total. The van der Waals surface area contributed by atoms with Gasteiger partial charge in [-0.2, -0.15) is 0 Å². The van der Waals surface area contributed by atoms with E-state index in [0.717, 1.165) is 45.0 Å². The van der Waals surface area contributed by atoms with Gasteiger partial charge in [0, 0.05) is 22.5 Å². The summed E-state index contributed by atoms with van der Waals surface area (Å²) in [5.74, 6) is 1.69. The van der Waals surface area contributed by atoms with E-state index in [4.69, 9.17) is 9.47 Å². The predicted octanol–water partition coefficient (Wildman–Crippen LogP) is 6.26. The Labute approximate surface area is 171 Å².